The number of alkyl halides is 6. The molecule has 0 fully saturated rings. The lowest BCUT2D eigenvalue weighted by molar-refractivity contribution is -0.142. The molecular weight excluding hydrogens is 456 g/mol. The smallest absolute Gasteiger partial charge is 0.350 e. The Hall–Kier alpha value is -3.90. The Morgan fingerprint density at radius 1 is 0.848 bits per heavy atom. The lowest BCUT2D eigenvalue weighted by Crippen LogP contribution is -2.35. The minimum Gasteiger partial charge on any atom is -0.350 e. The summed E-state index contributed by atoms with van der Waals surface area (Å²) in [7, 11) is 0. The van der Waals surface area contributed by atoms with Crippen LogP contribution in [-0.2, 0) is 12.4 Å². The third-order valence-electron chi connectivity index (χ3n) is 4.26. The minimum absolute atomic E-state index is 0.155. The average Bonchev–Trinajstić information content (AvgIpc) is 3.23. The molecule has 0 radical (unpaired) electrons. The number of halogens is 6. The summed E-state index contributed by atoms with van der Waals surface area (Å²) in [6, 6.07) is 9.45. The zero-order chi connectivity index (χ0) is 24.2. The number of carbonyl (C=O) groups excluding carboxylic acids is 2. The highest BCUT2D eigenvalue weighted by Crippen LogP contribution is 2.31. The fourth-order valence-corrected chi connectivity index (χ4v) is 2.71. The summed E-state index contributed by atoms with van der Waals surface area (Å²) in [6.45, 7) is -0.438. The van der Waals surface area contributed by atoms with Crippen molar-refractivity contribution in [2.75, 3.05) is 13.1 Å². The number of carbonyl (C=O) groups is 2. The number of aromatic nitrogens is 3. The van der Waals surface area contributed by atoms with Gasteiger partial charge in [0.25, 0.3) is 11.8 Å². The average molecular weight is 471 g/mol. The molecule has 2 aromatic heterocycles. The zero-order valence-electron chi connectivity index (χ0n) is 16.5. The van der Waals surface area contributed by atoms with E-state index >= 15 is 0 Å². The highest BCUT2D eigenvalue weighted by atomic mass is 19.4. The van der Waals surface area contributed by atoms with E-state index in [9.17, 15) is 35.9 Å². The molecule has 174 valence electrons. The molecule has 3 aromatic rings. The van der Waals surface area contributed by atoms with Crippen molar-refractivity contribution in [2.24, 2.45) is 0 Å². The van der Waals surface area contributed by atoms with Crippen molar-refractivity contribution < 1.29 is 35.9 Å². The van der Waals surface area contributed by atoms with Gasteiger partial charge in [-0.1, -0.05) is 18.2 Å². The second-order valence-corrected chi connectivity index (χ2v) is 6.61. The van der Waals surface area contributed by atoms with Crippen LogP contribution >= 0.6 is 0 Å². The van der Waals surface area contributed by atoms with Gasteiger partial charge in [-0.05, 0) is 24.3 Å². The number of nitrogens with one attached hydrogen (secondary N) is 2. The van der Waals surface area contributed by atoms with Crippen LogP contribution in [0, 0.1) is 0 Å². The summed E-state index contributed by atoms with van der Waals surface area (Å²) >= 11 is 0. The number of amides is 2. The van der Waals surface area contributed by atoms with Gasteiger partial charge in [-0.3, -0.25) is 14.6 Å². The van der Waals surface area contributed by atoms with Gasteiger partial charge in [0.05, 0.1) is 16.8 Å². The van der Waals surface area contributed by atoms with E-state index in [2.05, 4.69) is 20.7 Å². The molecule has 2 amide bonds. The van der Waals surface area contributed by atoms with Gasteiger partial charge in [-0.25, -0.2) is 4.68 Å². The molecule has 7 nitrogen and oxygen atoms in total. The predicted octanol–water partition coefficient (Wildman–Crippen LogP) is 3.46. The second-order valence-electron chi connectivity index (χ2n) is 6.61. The number of hydrogen-bond acceptors (Lipinski definition) is 4. The summed E-state index contributed by atoms with van der Waals surface area (Å²) in [5.41, 5.74) is -3.08. The van der Waals surface area contributed by atoms with Gasteiger partial charge in [-0.15, -0.1) is 0 Å². The first-order valence-corrected chi connectivity index (χ1v) is 9.29. The number of hydrogen-bond donors (Lipinski definition) is 2. The van der Waals surface area contributed by atoms with Crippen molar-refractivity contribution in [3.8, 4) is 5.69 Å². The summed E-state index contributed by atoms with van der Waals surface area (Å²) in [4.78, 5) is 27.4. The van der Waals surface area contributed by atoms with Crippen LogP contribution in [0.15, 0.2) is 54.9 Å². The molecule has 0 saturated carbocycles. The summed E-state index contributed by atoms with van der Waals surface area (Å²) < 4.78 is 78.4. The van der Waals surface area contributed by atoms with Gasteiger partial charge < -0.3 is 10.6 Å². The van der Waals surface area contributed by atoms with Gasteiger partial charge in [0.1, 0.15) is 5.69 Å². The predicted molar refractivity (Wildman–Crippen MR) is 102 cm³/mol. The van der Waals surface area contributed by atoms with Crippen molar-refractivity contribution in [1.29, 1.82) is 0 Å². The summed E-state index contributed by atoms with van der Waals surface area (Å²) in [5, 5.41) is 8.03. The third-order valence-corrected chi connectivity index (χ3v) is 4.26. The molecule has 0 spiro atoms. The van der Waals surface area contributed by atoms with E-state index in [-0.39, 0.29) is 18.7 Å². The Bertz CT molecular complexity index is 1120. The van der Waals surface area contributed by atoms with E-state index in [1.807, 2.05) is 0 Å². The molecule has 2 N–H and O–H groups in total. The van der Waals surface area contributed by atoms with E-state index in [1.54, 1.807) is 18.2 Å². The molecule has 1 aromatic carbocycles. The zero-order valence-corrected chi connectivity index (χ0v) is 16.5. The molecule has 2 heterocycles. The molecule has 0 aliphatic rings. The molecule has 13 heteroatoms. The first-order chi connectivity index (χ1) is 15.5. The normalized spacial score (nSPS) is 11.8. The van der Waals surface area contributed by atoms with E-state index in [1.165, 1.54) is 12.1 Å². The molecule has 0 saturated heterocycles. The van der Waals surface area contributed by atoms with Crippen LogP contribution < -0.4 is 10.6 Å². The van der Waals surface area contributed by atoms with Gasteiger partial charge in [0.2, 0.25) is 0 Å². The fraction of sp³-hybridized carbons (Fsp3) is 0.200. The van der Waals surface area contributed by atoms with E-state index < -0.39 is 41.1 Å². The number of nitrogens with zero attached hydrogens (tertiary/aromatic N) is 3. The van der Waals surface area contributed by atoms with E-state index in [0.29, 0.717) is 11.8 Å². The summed E-state index contributed by atoms with van der Waals surface area (Å²) in [5.74, 6) is -1.83. The maximum atomic E-state index is 13.3. The van der Waals surface area contributed by atoms with Crippen LogP contribution in [0.5, 0.6) is 0 Å². The van der Waals surface area contributed by atoms with Crippen molar-refractivity contribution in [1.82, 2.24) is 25.4 Å². The molecule has 0 unspecified atom stereocenters. The first-order valence-electron chi connectivity index (χ1n) is 9.29. The Morgan fingerprint density at radius 3 is 2.03 bits per heavy atom. The van der Waals surface area contributed by atoms with Crippen LogP contribution in [-0.4, -0.2) is 39.7 Å². The minimum atomic E-state index is -4.88. The second kappa shape index (κ2) is 9.30. The van der Waals surface area contributed by atoms with Gasteiger partial charge in [0, 0.05) is 25.5 Å². The van der Waals surface area contributed by atoms with Gasteiger partial charge in [0.15, 0.2) is 5.69 Å². The molecule has 3 rings (SSSR count). The van der Waals surface area contributed by atoms with Crippen LogP contribution in [0.3, 0.4) is 0 Å². The Labute approximate surface area is 182 Å². The number of pyridine rings is 1. The van der Waals surface area contributed by atoms with Crippen molar-refractivity contribution in [3.05, 3.63) is 77.4 Å². The molecule has 0 bridgehead atoms. The van der Waals surface area contributed by atoms with Gasteiger partial charge >= 0.3 is 12.4 Å². The lowest BCUT2D eigenvalue weighted by Gasteiger charge is -2.09. The van der Waals surface area contributed by atoms with Crippen molar-refractivity contribution >= 4 is 11.8 Å². The molecule has 0 atom stereocenters. The fourth-order valence-electron chi connectivity index (χ4n) is 2.71. The van der Waals surface area contributed by atoms with E-state index in [4.69, 9.17) is 0 Å². The maximum absolute atomic E-state index is 13.3. The highest BCUT2D eigenvalue weighted by Gasteiger charge is 2.39. The third kappa shape index (κ3) is 5.87. The Morgan fingerprint density at radius 2 is 1.48 bits per heavy atom. The largest absolute Gasteiger partial charge is 0.435 e. The number of benzene rings is 1. The van der Waals surface area contributed by atoms with Crippen LogP contribution in [0.4, 0.5) is 26.3 Å². The number of rotatable bonds is 6. The Balaban J connectivity index is 1.60. The van der Waals surface area contributed by atoms with Crippen molar-refractivity contribution in [3.63, 3.8) is 0 Å². The standard InChI is InChI=1S/C20H15F6N5O2/c21-19(22,23)15-7-6-12(10-29-15)17(32)27-8-9-28-18(33)14-11-31(13-4-2-1-3-5-13)30-16(14)20(24,25)26/h1-7,10-11H,8-9H2,(H,27,32)(H,28,33). The van der Waals surface area contributed by atoms with Gasteiger partial charge in [-0.2, -0.15) is 31.4 Å². The van der Waals surface area contributed by atoms with Crippen LogP contribution in [0.2, 0.25) is 0 Å². The monoisotopic (exact) mass is 471 g/mol. The Kier molecular flexibility index (Phi) is 6.70. The highest BCUT2D eigenvalue weighted by molar-refractivity contribution is 5.96. The molecule has 33 heavy (non-hydrogen) atoms. The molecule has 0 aliphatic heterocycles. The quantitative estimate of drug-likeness (QED) is 0.426. The lowest BCUT2D eigenvalue weighted by atomic mass is 10.2. The van der Waals surface area contributed by atoms with E-state index in [0.717, 1.165) is 23.1 Å². The van der Waals surface area contributed by atoms with Crippen LogP contribution in [0.25, 0.3) is 5.69 Å². The summed E-state index contributed by atoms with van der Waals surface area (Å²) in [6.07, 6.45) is -7.84. The maximum Gasteiger partial charge on any atom is 0.435 e. The number of para-hydroxylation sites is 1. The van der Waals surface area contributed by atoms with Crippen molar-refractivity contribution in [2.45, 2.75) is 12.4 Å². The SMILES string of the molecule is O=C(NCCNC(=O)c1cn(-c2ccccc2)nc1C(F)(F)F)c1ccc(C(F)(F)F)nc1. The topological polar surface area (TPSA) is 88.9 Å². The molecular formula is C20H15F6N5O2. The van der Waals surface area contributed by atoms with Crippen LogP contribution in [0.1, 0.15) is 32.1 Å². The first kappa shape index (κ1) is 23.8. The molecule has 0 aliphatic carbocycles.